The fourth-order valence-electron chi connectivity index (χ4n) is 3.24. The van der Waals surface area contributed by atoms with Crippen molar-refractivity contribution in [3.63, 3.8) is 0 Å². The van der Waals surface area contributed by atoms with Gasteiger partial charge < -0.3 is 15.4 Å². The summed E-state index contributed by atoms with van der Waals surface area (Å²) < 4.78 is 33.6. The molecule has 1 aliphatic rings. The van der Waals surface area contributed by atoms with E-state index in [0.717, 1.165) is 23.3 Å². The Morgan fingerprint density at radius 3 is 2.63 bits per heavy atom. The van der Waals surface area contributed by atoms with Gasteiger partial charge in [-0.3, -0.25) is 4.99 Å². The fourth-order valence-corrected chi connectivity index (χ4v) is 4.60. The number of rotatable bonds is 7. The van der Waals surface area contributed by atoms with Crippen molar-refractivity contribution >= 4 is 40.0 Å². The van der Waals surface area contributed by atoms with Gasteiger partial charge in [0.05, 0.1) is 11.4 Å². The highest BCUT2D eigenvalue weighted by Crippen LogP contribution is 2.27. The summed E-state index contributed by atoms with van der Waals surface area (Å²) >= 11 is 0. The van der Waals surface area contributed by atoms with Gasteiger partial charge in [0.2, 0.25) is 10.0 Å². The van der Waals surface area contributed by atoms with Gasteiger partial charge in [-0.2, -0.15) is 0 Å². The van der Waals surface area contributed by atoms with Crippen LogP contribution in [0.4, 0.5) is 0 Å². The average molecular weight is 544 g/mol. The quantitative estimate of drug-likeness (QED) is 0.216. The van der Waals surface area contributed by atoms with Crippen LogP contribution in [0.2, 0.25) is 0 Å². The summed E-state index contributed by atoms with van der Waals surface area (Å²) in [6.07, 6.45) is 0.907. The number of guanidine groups is 1. The lowest BCUT2D eigenvalue weighted by molar-refractivity contribution is 0.235. The van der Waals surface area contributed by atoms with Crippen LogP contribution in [0.15, 0.2) is 52.4 Å². The fraction of sp³-hybridized carbons (Fsp3) is 0.381. The SMILES string of the molecule is CN=C(NCCNS(=O)(=O)c1cc(C)ccc1C)NCC1Cc2ccccc2O1.I. The maximum atomic E-state index is 12.5. The largest absolute Gasteiger partial charge is 0.488 e. The first-order chi connectivity index (χ1) is 13.9. The van der Waals surface area contributed by atoms with Gasteiger partial charge in [-0.25, -0.2) is 13.1 Å². The molecule has 30 heavy (non-hydrogen) atoms. The van der Waals surface area contributed by atoms with Crippen molar-refractivity contribution in [1.82, 2.24) is 15.4 Å². The first-order valence-electron chi connectivity index (χ1n) is 9.65. The molecule has 0 fully saturated rings. The van der Waals surface area contributed by atoms with Crippen LogP contribution in [0.5, 0.6) is 5.75 Å². The van der Waals surface area contributed by atoms with Crippen LogP contribution in [0.3, 0.4) is 0 Å². The summed E-state index contributed by atoms with van der Waals surface area (Å²) in [5, 5.41) is 6.35. The van der Waals surface area contributed by atoms with Gasteiger partial charge >= 0.3 is 0 Å². The van der Waals surface area contributed by atoms with Gasteiger partial charge in [0.1, 0.15) is 11.9 Å². The molecule has 0 aromatic heterocycles. The molecule has 0 spiro atoms. The molecule has 0 saturated carbocycles. The van der Waals surface area contributed by atoms with Gasteiger partial charge in [0.15, 0.2) is 5.96 Å². The lowest BCUT2D eigenvalue weighted by Crippen LogP contribution is -2.44. The first kappa shape index (κ1) is 24.4. The number of sulfonamides is 1. The lowest BCUT2D eigenvalue weighted by atomic mass is 10.1. The Bertz CT molecular complexity index is 970. The minimum absolute atomic E-state index is 0. The van der Waals surface area contributed by atoms with Crippen molar-refractivity contribution in [2.75, 3.05) is 26.7 Å². The molecule has 0 amide bonds. The zero-order valence-electron chi connectivity index (χ0n) is 17.4. The van der Waals surface area contributed by atoms with Gasteiger partial charge in [0, 0.05) is 26.6 Å². The van der Waals surface area contributed by atoms with Crippen LogP contribution < -0.4 is 20.1 Å². The molecule has 9 heteroatoms. The minimum Gasteiger partial charge on any atom is -0.488 e. The number of ether oxygens (including phenoxy) is 1. The summed E-state index contributed by atoms with van der Waals surface area (Å²) in [5.74, 6) is 1.54. The van der Waals surface area contributed by atoms with Crippen molar-refractivity contribution in [3.8, 4) is 5.75 Å². The van der Waals surface area contributed by atoms with Crippen molar-refractivity contribution < 1.29 is 13.2 Å². The molecular weight excluding hydrogens is 515 g/mol. The predicted molar refractivity (Wildman–Crippen MR) is 130 cm³/mol. The predicted octanol–water partition coefficient (Wildman–Crippen LogP) is 2.37. The van der Waals surface area contributed by atoms with Crippen molar-refractivity contribution in [3.05, 3.63) is 59.2 Å². The van der Waals surface area contributed by atoms with Gasteiger partial charge in [-0.05, 0) is 42.7 Å². The molecule has 1 heterocycles. The van der Waals surface area contributed by atoms with E-state index in [4.69, 9.17) is 4.74 Å². The minimum atomic E-state index is -3.54. The molecule has 164 valence electrons. The second-order valence-corrected chi connectivity index (χ2v) is 8.83. The van der Waals surface area contributed by atoms with E-state index in [0.29, 0.717) is 23.9 Å². The van der Waals surface area contributed by atoms with E-state index in [1.807, 2.05) is 37.3 Å². The number of nitrogens with one attached hydrogen (secondary N) is 3. The van der Waals surface area contributed by atoms with E-state index in [9.17, 15) is 8.42 Å². The Morgan fingerprint density at radius 2 is 1.90 bits per heavy atom. The third kappa shape index (κ3) is 6.32. The molecular formula is C21H29IN4O3S. The molecule has 0 radical (unpaired) electrons. The Balaban J connectivity index is 0.00000320. The number of hydrogen-bond donors (Lipinski definition) is 3. The van der Waals surface area contributed by atoms with Crippen molar-refractivity contribution in [2.24, 2.45) is 4.99 Å². The average Bonchev–Trinajstić information content (AvgIpc) is 3.12. The Labute approximate surface area is 195 Å². The number of fused-ring (bicyclic) bond motifs is 1. The zero-order valence-corrected chi connectivity index (χ0v) is 20.6. The first-order valence-corrected chi connectivity index (χ1v) is 11.1. The van der Waals surface area contributed by atoms with Crippen LogP contribution in [0.1, 0.15) is 16.7 Å². The topological polar surface area (TPSA) is 91.8 Å². The Kier molecular flexibility index (Phi) is 8.92. The normalized spacial score (nSPS) is 15.7. The molecule has 3 rings (SSSR count). The van der Waals surface area contributed by atoms with E-state index in [-0.39, 0.29) is 36.6 Å². The van der Waals surface area contributed by atoms with E-state index in [2.05, 4.69) is 26.4 Å². The highest BCUT2D eigenvalue weighted by Gasteiger charge is 2.22. The monoisotopic (exact) mass is 544 g/mol. The van der Waals surface area contributed by atoms with Crippen LogP contribution >= 0.6 is 24.0 Å². The second kappa shape index (κ2) is 11.0. The van der Waals surface area contributed by atoms with Crippen LogP contribution in [0, 0.1) is 13.8 Å². The number of aryl methyl sites for hydroxylation is 2. The van der Waals surface area contributed by atoms with E-state index >= 15 is 0 Å². The number of benzene rings is 2. The maximum absolute atomic E-state index is 12.5. The van der Waals surface area contributed by atoms with Crippen LogP contribution in [0.25, 0.3) is 0 Å². The molecule has 0 aliphatic carbocycles. The highest BCUT2D eigenvalue weighted by atomic mass is 127. The number of nitrogens with zero attached hydrogens (tertiary/aromatic N) is 1. The lowest BCUT2D eigenvalue weighted by Gasteiger charge is -2.16. The molecule has 0 saturated heterocycles. The van der Waals surface area contributed by atoms with E-state index < -0.39 is 10.0 Å². The number of halogens is 1. The number of aliphatic imine (C=N–C) groups is 1. The van der Waals surface area contributed by atoms with E-state index in [1.54, 1.807) is 20.0 Å². The third-order valence-electron chi connectivity index (χ3n) is 4.78. The van der Waals surface area contributed by atoms with E-state index in [1.165, 1.54) is 5.56 Å². The molecule has 1 unspecified atom stereocenters. The molecule has 0 bridgehead atoms. The van der Waals surface area contributed by atoms with Crippen molar-refractivity contribution in [2.45, 2.75) is 31.3 Å². The van der Waals surface area contributed by atoms with Crippen molar-refractivity contribution in [1.29, 1.82) is 0 Å². The number of hydrogen-bond acceptors (Lipinski definition) is 4. The smallest absolute Gasteiger partial charge is 0.240 e. The summed E-state index contributed by atoms with van der Waals surface area (Å²) in [4.78, 5) is 4.50. The molecule has 1 aliphatic heterocycles. The Hall–Kier alpha value is -1.85. The summed E-state index contributed by atoms with van der Waals surface area (Å²) in [5.41, 5.74) is 2.85. The van der Waals surface area contributed by atoms with Gasteiger partial charge in [-0.1, -0.05) is 30.3 Å². The van der Waals surface area contributed by atoms with Crippen LogP contribution in [-0.4, -0.2) is 47.2 Å². The summed E-state index contributed by atoms with van der Waals surface area (Å²) in [6.45, 7) is 4.95. The maximum Gasteiger partial charge on any atom is 0.240 e. The number of para-hydroxylation sites is 1. The van der Waals surface area contributed by atoms with Gasteiger partial charge in [0.25, 0.3) is 0 Å². The van der Waals surface area contributed by atoms with Crippen LogP contribution in [-0.2, 0) is 16.4 Å². The standard InChI is InChI=1S/C21H28N4O3S.HI/c1-15-8-9-16(2)20(12-15)29(26,27)25-11-10-23-21(22-3)24-14-18-13-17-6-4-5-7-19(17)28-18;/h4-9,12,18,25H,10-11,13-14H2,1-3H3,(H2,22,23,24);1H. The zero-order chi connectivity index (χ0) is 20.9. The molecule has 2 aromatic carbocycles. The van der Waals surface area contributed by atoms with Gasteiger partial charge in [-0.15, -0.1) is 24.0 Å². The molecule has 2 aromatic rings. The molecule has 3 N–H and O–H groups in total. The summed E-state index contributed by atoms with van der Waals surface area (Å²) in [6, 6.07) is 13.4. The highest BCUT2D eigenvalue weighted by molar-refractivity contribution is 14.0. The molecule has 7 nitrogen and oxygen atoms in total. The summed E-state index contributed by atoms with van der Waals surface area (Å²) in [7, 11) is -1.86. The Morgan fingerprint density at radius 1 is 1.13 bits per heavy atom. The third-order valence-corrected chi connectivity index (χ3v) is 6.38. The molecule has 1 atom stereocenters. The second-order valence-electron chi connectivity index (χ2n) is 7.10.